The Hall–Kier alpha value is -0.770. The summed E-state index contributed by atoms with van der Waals surface area (Å²) < 4.78 is 10.6. The van der Waals surface area contributed by atoms with E-state index < -0.39 is 11.3 Å². The van der Waals surface area contributed by atoms with Crippen molar-refractivity contribution in [3.05, 3.63) is 6.54 Å². The molecule has 0 aromatic rings. The second-order valence-electron chi connectivity index (χ2n) is 4.79. The zero-order valence-corrected chi connectivity index (χ0v) is 9.46. The van der Waals surface area contributed by atoms with E-state index in [1.807, 2.05) is 34.6 Å². The van der Waals surface area contributed by atoms with Crippen LogP contribution in [-0.4, -0.2) is 28.9 Å². The van der Waals surface area contributed by atoms with E-state index in [0.717, 1.165) is 0 Å². The van der Waals surface area contributed by atoms with Crippen molar-refractivity contribution >= 4 is 6.09 Å². The molecule has 0 aromatic carbocycles. The molecular weight excluding hydrogens is 182 g/mol. The minimum atomic E-state index is -0.595. The van der Waals surface area contributed by atoms with E-state index in [2.05, 4.69) is 0 Å². The second kappa shape index (κ2) is 3.42. The number of amides is 1. The van der Waals surface area contributed by atoms with Crippen LogP contribution in [0, 0.1) is 6.54 Å². The Balaban J connectivity index is 2.62. The van der Waals surface area contributed by atoms with Crippen LogP contribution in [0.3, 0.4) is 0 Å². The topological polar surface area (TPSA) is 38.8 Å². The molecule has 0 saturated carbocycles. The maximum atomic E-state index is 11.7. The van der Waals surface area contributed by atoms with E-state index in [-0.39, 0.29) is 6.09 Å². The lowest BCUT2D eigenvalue weighted by Gasteiger charge is -2.31. The molecule has 0 bridgehead atoms. The van der Waals surface area contributed by atoms with E-state index in [9.17, 15) is 4.79 Å². The maximum absolute atomic E-state index is 11.7. The van der Waals surface area contributed by atoms with Gasteiger partial charge in [-0.05, 0) is 34.6 Å². The van der Waals surface area contributed by atoms with Gasteiger partial charge >= 0.3 is 6.09 Å². The lowest BCUT2D eigenvalue weighted by molar-refractivity contribution is -0.0571. The molecule has 1 amide bonds. The first-order chi connectivity index (χ1) is 6.22. The number of carbonyl (C=O) groups is 1. The summed E-state index contributed by atoms with van der Waals surface area (Å²) in [5.74, 6) is 0. The third kappa shape index (κ3) is 2.61. The molecule has 1 rings (SSSR count). The van der Waals surface area contributed by atoms with Gasteiger partial charge in [0.05, 0.1) is 13.2 Å². The maximum Gasteiger partial charge on any atom is 0.412 e. The van der Waals surface area contributed by atoms with Gasteiger partial charge in [-0.25, -0.2) is 4.79 Å². The van der Waals surface area contributed by atoms with Crippen LogP contribution < -0.4 is 0 Å². The van der Waals surface area contributed by atoms with Gasteiger partial charge in [0.1, 0.15) is 11.3 Å². The second-order valence-corrected chi connectivity index (χ2v) is 4.79. The number of carbonyl (C=O) groups excluding carboxylic acids is 1. The van der Waals surface area contributed by atoms with Gasteiger partial charge in [0.25, 0.3) is 0 Å². The van der Waals surface area contributed by atoms with Crippen LogP contribution in [-0.2, 0) is 9.47 Å². The minimum absolute atomic E-state index is 0.361. The normalized spacial score (nSPS) is 21.1. The summed E-state index contributed by atoms with van der Waals surface area (Å²) in [6.45, 7) is 11.3. The van der Waals surface area contributed by atoms with E-state index in [1.54, 1.807) is 6.54 Å². The lowest BCUT2D eigenvalue weighted by atomic mass is 10.2. The third-order valence-electron chi connectivity index (χ3n) is 1.86. The Kier molecular flexibility index (Phi) is 2.76. The standard InChI is InChI=1S/C10H18NO3/c1-9(2,3)14-8(12)11-6-7-13-10(11,4)5/h6H,7H2,1-5H3. The summed E-state index contributed by atoms with van der Waals surface area (Å²) in [5.41, 5.74) is -1.06. The van der Waals surface area contributed by atoms with Crippen molar-refractivity contribution in [3.8, 4) is 0 Å². The van der Waals surface area contributed by atoms with Gasteiger partial charge in [0, 0.05) is 0 Å². The predicted octanol–water partition coefficient (Wildman–Crippen LogP) is 2.15. The summed E-state index contributed by atoms with van der Waals surface area (Å²) in [7, 11) is 0. The molecule has 0 N–H and O–H groups in total. The van der Waals surface area contributed by atoms with Gasteiger partial charge in [-0.15, -0.1) is 0 Å². The van der Waals surface area contributed by atoms with Gasteiger partial charge in [0.15, 0.2) is 0 Å². The van der Waals surface area contributed by atoms with Crippen LogP contribution in [0.25, 0.3) is 0 Å². The van der Waals surface area contributed by atoms with Crippen molar-refractivity contribution in [1.82, 2.24) is 4.90 Å². The molecule has 0 atom stereocenters. The first-order valence-electron chi connectivity index (χ1n) is 4.72. The van der Waals surface area contributed by atoms with Crippen LogP contribution in [0.5, 0.6) is 0 Å². The fourth-order valence-corrected chi connectivity index (χ4v) is 1.21. The van der Waals surface area contributed by atoms with Gasteiger partial charge in [-0.1, -0.05) is 0 Å². The highest BCUT2D eigenvalue weighted by molar-refractivity contribution is 5.70. The highest BCUT2D eigenvalue weighted by atomic mass is 16.6. The van der Waals surface area contributed by atoms with Crippen molar-refractivity contribution < 1.29 is 14.3 Å². The molecule has 14 heavy (non-hydrogen) atoms. The highest BCUT2D eigenvalue weighted by Gasteiger charge is 2.39. The smallest absolute Gasteiger partial charge is 0.412 e. The number of rotatable bonds is 0. The number of ether oxygens (including phenoxy) is 2. The minimum Gasteiger partial charge on any atom is -0.444 e. The monoisotopic (exact) mass is 200 g/mol. The average Bonchev–Trinajstić information content (AvgIpc) is 2.25. The fourth-order valence-electron chi connectivity index (χ4n) is 1.21. The number of hydrogen-bond donors (Lipinski definition) is 0. The van der Waals surface area contributed by atoms with Crippen molar-refractivity contribution in [3.63, 3.8) is 0 Å². The summed E-state index contributed by atoms with van der Waals surface area (Å²) in [6, 6.07) is 0. The van der Waals surface area contributed by atoms with E-state index in [0.29, 0.717) is 6.61 Å². The van der Waals surface area contributed by atoms with Crippen LogP contribution in [0.1, 0.15) is 34.6 Å². The first-order valence-corrected chi connectivity index (χ1v) is 4.72. The number of nitrogens with zero attached hydrogens (tertiary/aromatic N) is 1. The average molecular weight is 200 g/mol. The van der Waals surface area contributed by atoms with Crippen LogP contribution in [0.2, 0.25) is 0 Å². The van der Waals surface area contributed by atoms with E-state index in [4.69, 9.17) is 9.47 Å². The molecule has 0 spiro atoms. The number of hydrogen-bond acceptors (Lipinski definition) is 3. The summed E-state index contributed by atoms with van der Waals surface area (Å²) in [6.07, 6.45) is -0.361. The molecule has 1 radical (unpaired) electrons. The van der Waals surface area contributed by atoms with E-state index >= 15 is 0 Å². The third-order valence-corrected chi connectivity index (χ3v) is 1.86. The van der Waals surface area contributed by atoms with Gasteiger partial charge in [-0.2, -0.15) is 0 Å². The summed E-state index contributed by atoms with van der Waals surface area (Å²) >= 11 is 0. The molecule has 1 fully saturated rings. The Labute approximate surface area is 85.2 Å². The Bertz CT molecular complexity index is 230. The summed E-state index contributed by atoms with van der Waals surface area (Å²) in [5, 5.41) is 0. The molecule has 81 valence electrons. The Morgan fingerprint density at radius 2 is 2.07 bits per heavy atom. The highest BCUT2D eigenvalue weighted by Crippen LogP contribution is 2.26. The van der Waals surface area contributed by atoms with E-state index in [1.165, 1.54) is 4.90 Å². The SMILES string of the molecule is CC(C)(C)OC(=O)N1[CH]COC1(C)C. The molecule has 4 heteroatoms. The Morgan fingerprint density at radius 1 is 1.50 bits per heavy atom. The quantitative estimate of drug-likeness (QED) is 0.601. The largest absolute Gasteiger partial charge is 0.444 e. The predicted molar refractivity (Wildman–Crippen MR) is 52.4 cm³/mol. The molecule has 4 nitrogen and oxygen atoms in total. The molecule has 1 aliphatic heterocycles. The molecule has 1 aliphatic rings. The molecule has 0 aliphatic carbocycles. The molecule has 1 saturated heterocycles. The van der Waals surface area contributed by atoms with Crippen LogP contribution in [0.4, 0.5) is 4.79 Å². The molecule has 0 unspecified atom stereocenters. The molecular formula is C10H18NO3. The van der Waals surface area contributed by atoms with Gasteiger partial charge in [-0.3, -0.25) is 4.90 Å². The van der Waals surface area contributed by atoms with Gasteiger partial charge in [0.2, 0.25) is 0 Å². The van der Waals surface area contributed by atoms with Crippen molar-refractivity contribution in [1.29, 1.82) is 0 Å². The fraction of sp³-hybridized carbons (Fsp3) is 0.800. The van der Waals surface area contributed by atoms with Crippen LogP contribution >= 0.6 is 0 Å². The zero-order valence-electron chi connectivity index (χ0n) is 9.46. The van der Waals surface area contributed by atoms with Gasteiger partial charge < -0.3 is 9.47 Å². The molecule has 1 heterocycles. The first kappa shape index (κ1) is 11.3. The van der Waals surface area contributed by atoms with Crippen LogP contribution in [0.15, 0.2) is 0 Å². The Morgan fingerprint density at radius 3 is 2.43 bits per heavy atom. The van der Waals surface area contributed by atoms with Crippen molar-refractivity contribution in [2.24, 2.45) is 0 Å². The molecule has 0 aromatic heterocycles. The van der Waals surface area contributed by atoms with Crippen molar-refractivity contribution in [2.45, 2.75) is 45.9 Å². The van der Waals surface area contributed by atoms with Crippen molar-refractivity contribution in [2.75, 3.05) is 6.61 Å². The zero-order chi connectivity index (χ0) is 11.0. The summed E-state index contributed by atoms with van der Waals surface area (Å²) in [4.78, 5) is 13.2. The lowest BCUT2D eigenvalue weighted by Crippen LogP contribution is -2.44.